The Morgan fingerprint density at radius 2 is 1.59 bits per heavy atom. The molecule has 0 spiro atoms. The molecule has 2 heterocycles. The summed E-state index contributed by atoms with van der Waals surface area (Å²) in [6, 6.07) is 15.7. The van der Waals surface area contributed by atoms with E-state index in [1.165, 1.54) is 11.4 Å². The number of hydrogen-bond donors (Lipinski definition) is 2. The van der Waals surface area contributed by atoms with Gasteiger partial charge in [0.1, 0.15) is 12.7 Å². The third kappa shape index (κ3) is 4.95. The molecule has 2 unspecified atom stereocenters. The molecule has 5 nitrogen and oxygen atoms in total. The predicted octanol–water partition coefficient (Wildman–Crippen LogP) is 7.92. The molecule has 0 amide bonds. The number of piperidine rings is 1. The van der Waals surface area contributed by atoms with Gasteiger partial charge in [-0.1, -0.05) is 73.2 Å². The van der Waals surface area contributed by atoms with Crippen LogP contribution in [0, 0.1) is 5.92 Å². The van der Waals surface area contributed by atoms with Gasteiger partial charge in [0.2, 0.25) is 12.2 Å². The molecule has 0 aliphatic carbocycles. The van der Waals surface area contributed by atoms with E-state index in [2.05, 4.69) is 32.7 Å². The average Bonchev–Trinajstić information content (AvgIpc) is 3.17. The minimum absolute atomic E-state index is 0.198. The maximum absolute atomic E-state index is 12.6. The zero-order valence-electron chi connectivity index (χ0n) is 22.8. The van der Waals surface area contributed by atoms with Crippen LogP contribution in [0.1, 0.15) is 65.7 Å². The molecule has 2 N–H and O–H groups in total. The number of unbranched alkanes of at least 4 members (excludes halogenated alkanes) is 1. The van der Waals surface area contributed by atoms with Crippen molar-refractivity contribution in [2.75, 3.05) is 26.7 Å². The van der Waals surface area contributed by atoms with Gasteiger partial charge >= 0.3 is 0 Å². The van der Waals surface area contributed by atoms with Crippen LogP contribution in [0.3, 0.4) is 0 Å². The summed E-state index contributed by atoms with van der Waals surface area (Å²) < 4.78 is -0.0923. The highest BCUT2D eigenvalue weighted by Gasteiger charge is 2.62. The molecule has 2 aromatic carbocycles. The summed E-state index contributed by atoms with van der Waals surface area (Å²) in [4.78, 5) is 2.47. The van der Waals surface area contributed by atoms with Crippen molar-refractivity contribution in [3.63, 3.8) is 0 Å². The summed E-state index contributed by atoms with van der Waals surface area (Å²) in [7, 11) is 2.10. The highest BCUT2D eigenvalue weighted by molar-refractivity contribution is 6.42. The topological polar surface area (TPSA) is 43.7 Å². The van der Waals surface area contributed by atoms with Crippen molar-refractivity contribution in [3.05, 3.63) is 70.0 Å². The molecule has 2 aromatic rings. The first-order valence-electron chi connectivity index (χ1n) is 13.8. The Balaban J connectivity index is 1.81. The molecule has 0 aromatic heterocycles. The average molecular weight is 549 g/mol. The van der Waals surface area contributed by atoms with Crippen LogP contribution in [0.25, 0.3) is 0 Å². The van der Waals surface area contributed by atoms with E-state index < -0.39 is 5.60 Å². The third-order valence-corrected chi connectivity index (χ3v) is 9.83. The standard InChI is InChI=1S/C30H43Cl2N3O2/c1-5-8-14-29-28(33-19-17-23(18-20-33)30(36,6-2)7-3)22-35(37,24-12-10-9-11-13-24)34(29,4)25-15-16-26(31)27(32)21-25/h9-13,15-16,21,23,36-37H,5-8,14,17-20,22H2,1-4H3/q+2. The summed E-state index contributed by atoms with van der Waals surface area (Å²) in [6.07, 6.45) is 6.46. The minimum Gasteiger partial charge on any atom is -0.390 e. The zero-order valence-corrected chi connectivity index (χ0v) is 24.3. The first-order valence-corrected chi connectivity index (χ1v) is 14.6. The molecule has 4 rings (SSSR count). The van der Waals surface area contributed by atoms with Crippen molar-refractivity contribution < 1.29 is 10.3 Å². The second-order valence-corrected chi connectivity index (χ2v) is 11.7. The van der Waals surface area contributed by atoms with Gasteiger partial charge in [-0.25, -0.2) is 0 Å². The van der Waals surface area contributed by atoms with Crippen molar-refractivity contribution in [2.24, 2.45) is 5.92 Å². The van der Waals surface area contributed by atoms with Gasteiger partial charge in [0, 0.05) is 48.5 Å². The van der Waals surface area contributed by atoms with Crippen molar-refractivity contribution in [1.29, 1.82) is 0 Å². The SMILES string of the molecule is CCCCC1=C(N2CCC(C(O)(CC)CC)CC2)C[N+](O)(c2ccccc2)[N+]1(C)c1ccc(Cl)c(Cl)c1. The monoisotopic (exact) mass is 547 g/mol. The molecule has 7 heteroatoms. The molecule has 0 saturated carbocycles. The number of rotatable bonds is 9. The van der Waals surface area contributed by atoms with Gasteiger partial charge in [-0.05, 0) is 44.1 Å². The van der Waals surface area contributed by atoms with Crippen LogP contribution in [-0.4, -0.2) is 47.5 Å². The maximum atomic E-state index is 12.6. The highest BCUT2D eigenvalue weighted by atomic mass is 35.5. The van der Waals surface area contributed by atoms with Crippen molar-refractivity contribution in [1.82, 2.24) is 14.2 Å². The van der Waals surface area contributed by atoms with E-state index in [1.54, 1.807) is 0 Å². The summed E-state index contributed by atoms with van der Waals surface area (Å²) in [5.74, 6) is 0.304. The Morgan fingerprint density at radius 1 is 0.946 bits per heavy atom. The molecule has 202 valence electrons. The van der Waals surface area contributed by atoms with Gasteiger partial charge < -0.3 is 10.0 Å². The molecule has 1 fully saturated rings. The summed E-state index contributed by atoms with van der Waals surface area (Å²) in [5.41, 5.74) is 3.58. The summed E-state index contributed by atoms with van der Waals surface area (Å²) in [5, 5.41) is 24.8. The van der Waals surface area contributed by atoms with E-state index in [-0.39, 0.29) is 9.35 Å². The Bertz CT molecular complexity index is 1110. The Labute approximate surface area is 232 Å². The van der Waals surface area contributed by atoms with Crippen LogP contribution in [0.15, 0.2) is 59.9 Å². The van der Waals surface area contributed by atoms with Crippen molar-refractivity contribution >= 4 is 34.6 Å². The van der Waals surface area contributed by atoms with E-state index in [1.807, 2.05) is 48.5 Å². The minimum atomic E-state index is -0.591. The highest BCUT2D eigenvalue weighted by Crippen LogP contribution is 2.48. The number of allylic oxidation sites excluding steroid dienone is 1. The summed E-state index contributed by atoms with van der Waals surface area (Å²) in [6.45, 7) is 8.63. The number of hydroxylamine groups is 1. The van der Waals surface area contributed by atoms with Gasteiger partial charge in [0.05, 0.1) is 15.6 Å². The van der Waals surface area contributed by atoms with Crippen LogP contribution in [-0.2, 0) is 0 Å². The molecule has 0 bridgehead atoms. The predicted molar refractivity (Wildman–Crippen MR) is 155 cm³/mol. The lowest BCUT2D eigenvalue weighted by Crippen LogP contribution is -2.68. The molecule has 2 aliphatic rings. The second-order valence-electron chi connectivity index (χ2n) is 10.9. The first kappa shape index (κ1) is 28.4. The molecular formula is C30H43Cl2N3O2+2. The lowest BCUT2D eigenvalue weighted by atomic mass is 9.77. The molecule has 2 aliphatic heterocycles. The second kappa shape index (κ2) is 11.3. The van der Waals surface area contributed by atoms with Crippen molar-refractivity contribution in [3.8, 4) is 0 Å². The number of aliphatic hydroxyl groups is 1. The Kier molecular flexibility index (Phi) is 8.64. The fraction of sp³-hybridized carbons (Fsp3) is 0.533. The van der Waals surface area contributed by atoms with E-state index in [0.717, 1.165) is 69.4 Å². The molecule has 2 atom stereocenters. The summed E-state index contributed by atoms with van der Waals surface area (Å²) >= 11 is 12.9. The van der Waals surface area contributed by atoms with Gasteiger partial charge in [-0.15, -0.1) is 0 Å². The molecular weight excluding hydrogens is 505 g/mol. The normalized spacial score (nSPS) is 25.2. The van der Waals surface area contributed by atoms with Crippen LogP contribution < -0.4 is 9.35 Å². The zero-order chi connectivity index (χ0) is 26.8. The number of likely N-dealkylation sites (tertiary alicyclic amines) is 1. The van der Waals surface area contributed by atoms with E-state index >= 15 is 0 Å². The fourth-order valence-electron chi connectivity index (χ4n) is 6.49. The van der Waals surface area contributed by atoms with E-state index in [4.69, 9.17) is 23.2 Å². The van der Waals surface area contributed by atoms with Gasteiger partial charge in [0.25, 0.3) is 0 Å². The van der Waals surface area contributed by atoms with Crippen LogP contribution in [0.4, 0.5) is 11.4 Å². The van der Waals surface area contributed by atoms with Gasteiger partial charge in [0.15, 0.2) is 11.4 Å². The number of halogens is 2. The number of hydrogen-bond acceptors (Lipinski definition) is 3. The fourth-order valence-corrected chi connectivity index (χ4v) is 6.78. The van der Waals surface area contributed by atoms with E-state index in [0.29, 0.717) is 22.5 Å². The van der Waals surface area contributed by atoms with Crippen LogP contribution >= 0.6 is 23.2 Å². The molecule has 1 saturated heterocycles. The van der Waals surface area contributed by atoms with E-state index in [9.17, 15) is 10.3 Å². The number of nitrogens with zero attached hydrogens (tertiary/aromatic N) is 3. The Morgan fingerprint density at radius 3 is 2.16 bits per heavy atom. The Hall–Kier alpha value is -1.60. The van der Waals surface area contributed by atoms with Crippen LogP contribution in [0.5, 0.6) is 0 Å². The number of benzene rings is 2. The largest absolute Gasteiger partial charge is 0.390 e. The van der Waals surface area contributed by atoms with Gasteiger partial charge in [-0.2, -0.15) is 5.21 Å². The third-order valence-electron chi connectivity index (χ3n) is 9.09. The maximum Gasteiger partial charge on any atom is 0.216 e. The lowest BCUT2D eigenvalue weighted by molar-refractivity contribution is -0.182. The number of quaternary nitrogens is 2. The molecule has 0 radical (unpaired) electrons. The van der Waals surface area contributed by atoms with Crippen LogP contribution in [0.2, 0.25) is 10.0 Å². The first-order chi connectivity index (χ1) is 17.6. The smallest absolute Gasteiger partial charge is 0.216 e. The van der Waals surface area contributed by atoms with Crippen molar-refractivity contribution in [2.45, 2.75) is 71.3 Å². The molecule has 37 heavy (non-hydrogen) atoms. The number of para-hydroxylation sites is 1. The quantitative estimate of drug-likeness (QED) is 0.313. The lowest BCUT2D eigenvalue weighted by Gasteiger charge is -2.41. The van der Waals surface area contributed by atoms with Gasteiger partial charge in [-0.3, -0.25) is 0 Å².